The molecule has 1 unspecified atom stereocenters. The summed E-state index contributed by atoms with van der Waals surface area (Å²) >= 11 is 0. The van der Waals surface area contributed by atoms with E-state index in [1.165, 1.54) is 0 Å². The molecule has 5 heteroatoms. The first-order valence-electron chi connectivity index (χ1n) is 6.31. The Kier molecular flexibility index (Phi) is 3.89. The van der Waals surface area contributed by atoms with Gasteiger partial charge in [-0.3, -0.25) is 0 Å². The zero-order chi connectivity index (χ0) is 12.3. The van der Waals surface area contributed by atoms with Crippen molar-refractivity contribution < 1.29 is 14.3 Å². The van der Waals surface area contributed by atoms with Crippen LogP contribution >= 0.6 is 0 Å². The topological polar surface area (TPSA) is 42.0 Å². The summed E-state index contributed by atoms with van der Waals surface area (Å²) in [4.78, 5) is 16.1. The summed E-state index contributed by atoms with van der Waals surface area (Å²) in [6, 6.07) is 0.135. The van der Waals surface area contributed by atoms with Crippen molar-refractivity contribution in [2.45, 2.75) is 25.4 Å². The Morgan fingerprint density at radius 2 is 1.94 bits per heavy atom. The number of ether oxygens (including phenoxy) is 2. The number of urea groups is 1. The molecule has 2 rings (SSSR count). The highest BCUT2D eigenvalue weighted by atomic mass is 16.5. The van der Waals surface area contributed by atoms with Crippen LogP contribution in [0.5, 0.6) is 0 Å². The van der Waals surface area contributed by atoms with Crippen LogP contribution in [0.1, 0.15) is 19.8 Å². The van der Waals surface area contributed by atoms with Crippen LogP contribution in [-0.2, 0) is 9.47 Å². The second-order valence-corrected chi connectivity index (χ2v) is 5.06. The molecule has 1 atom stereocenters. The number of methoxy groups -OCH3 is 1. The van der Waals surface area contributed by atoms with Crippen molar-refractivity contribution >= 4 is 6.03 Å². The third-order valence-electron chi connectivity index (χ3n) is 3.70. The van der Waals surface area contributed by atoms with E-state index in [0.29, 0.717) is 32.8 Å². The molecule has 0 radical (unpaired) electrons. The van der Waals surface area contributed by atoms with E-state index in [9.17, 15) is 4.79 Å². The number of morpholine rings is 1. The van der Waals surface area contributed by atoms with Crippen molar-refractivity contribution in [3.05, 3.63) is 0 Å². The van der Waals surface area contributed by atoms with E-state index in [0.717, 1.165) is 19.4 Å². The molecule has 2 amide bonds. The Morgan fingerprint density at radius 1 is 1.24 bits per heavy atom. The minimum atomic E-state index is -0.180. The number of nitrogens with zero attached hydrogens (tertiary/aromatic N) is 2. The first-order valence-corrected chi connectivity index (χ1v) is 6.31. The highest BCUT2D eigenvalue weighted by molar-refractivity contribution is 5.74. The van der Waals surface area contributed by atoms with Crippen molar-refractivity contribution in [2.24, 2.45) is 0 Å². The molecule has 2 aliphatic rings. The van der Waals surface area contributed by atoms with Gasteiger partial charge in [0.1, 0.15) is 0 Å². The number of hydrogen-bond acceptors (Lipinski definition) is 3. The number of carbonyl (C=O) groups excluding carboxylic acids is 1. The van der Waals surface area contributed by atoms with Crippen molar-refractivity contribution in [3.63, 3.8) is 0 Å². The minimum absolute atomic E-state index is 0.135. The van der Waals surface area contributed by atoms with Gasteiger partial charge in [0.25, 0.3) is 0 Å². The Bertz CT molecular complexity index is 279. The molecule has 2 heterocycles. The van der Waals surface area contributed by atoms with Crippen molar-refractivity contribution in [1.82, 2.24) is 9.80 Å². The molecule has 0 aromatic carbocycles. The zero-order valence-electron chi connectivity index (χ0n) is 10.8. The van der Waals surface area contributed by atoms with Crippen molar-refractivity contribution in [1.29, 1.82) is 0 Å². The van der Waals surface area contributed by atoms with Crippen LogP contribution in [0.25, 0.3) is 0 Å². The lowest BCUT2D eigenvalue weighted by Gasteiger charge is -2.41. The monoisotopic (exact) mass is 242 g/mol. The average Bonchev–Trinajstić information content (AvgIpc) is 2.39. The molecule has 2 aliphatic heterocycles. The van der Waals surface area contributed by atoms with Gasteiger partial charge >= 0.3 is 6.03 Å². The van der Waals surface area contributed by atoms with Gasteiger partial charge < -0.3 is 19.3 Å². The zero-order valence-corrected chi connectivity index (χ0v) is 10.8. The predicted octanol–water partition coefficient (Wildman–Crippen LogP) is 0.940. The lowest BCUT2D eigenvalue weighted by Crippen LogP contribution is -2.55. The molecule has 0 N–H and O–H groups in total. The number of carbonyl (C=O) groups is 1. The van der Waals surface area contributed by atoms with Gasteiger partial charge in [0.05, 0.1) is 25.4 Å². The second kappa shape index (κ2) is 5.23. The van der Waals surface area contributed by atoms with E-state index in [1.807, 2.05) is 9.80 Å². The molecular formula is C12H22N2O3. The number of rotatable bonds is 1. The van der Waals surface area contributed by atoms with Gasteiger partial charge in [-0.1, -0.05) is 0 Å². The van der Waals surface area contributed by atoms with Gasteiger partial charge in [0.15, 0.2) is 0 Å². The van der Waals surface area contributed by atoms with E-state index in [2.05, 4.69) is 6.92 Å². The minimum Gasteiger partial charge on any atom is -0.378 e. The summed E-state index contributed by atoms with van der Waals surface area (Å²) in [5.74, 6) is 0. The molecule has 17 heavy (non-hydrogen) atoms. The van der Waals surface area contributed by atoms with Gasteiger partial charge in [-0.25, -0.2) is 4.79 Å². The van der Waals surface area contributed by atoms with Gasteiger partial charge in [-0.15, -0.1) is 0 Å². The second-order valence-electron chi connectivity index (χ2n) is 5.06. The van der Waals surface area contributed by atoms with E-state index in [1.54, 1.807) is 7.11 Å². The van der Waals surface area contributed by atoms with Crippen molar-refractivity contribution in [3.8, 4) is 0 Å². The molecule has 0 saturated carbocycles. The first-order chi connectivity index (χ1) is 8.14. The third kappa shape index (κ3) is 2.90. The number of hydrogen-bond donors (Lipinski definition) is 0. The molecule has 0 spiro atoms. The van der Waals surface area contributed by atoms with Gasteiger partial charge in [0, 0.05) is 26.7 Å². The first kappa shape index (κ1) is 12.6. The summed E-state index contributed by atoms with van der Waals surface area (Å²) in [6.07, 6.45) is 2.04. The lowest BCUT2D eigenvalue weighted by molar-refractivity contribution is -0.0461. The van der Waals surface area contributed by atoms with Crippen LogP contribution in [0.3, 0.4) is 0 Å². The molecule has 0 aromatic rings. The Balaban J connectivity index is 1.94. The fourth-order valence-corrected chi connectivity index (χ4v) is 2.49. The number of amides is 2. The highest BCUT2D eigenvalue weighted by Gasteiger charge is 2.34. The highest BCUT2D eigenvalue weighted by Crippen LogP contribution is 2.24. The molecule has 2 fully saturated rings. The van der Waals surface area contributed by atoms with Gasteiger partial charge in [0.2, 0.25) is 0 Å². The summed E-state index contributed by atoms with van der Waals surface area (Å²) in [5.41, 5.74) is -0.180. The normalized spacial score (nSPS) is 30.5. The van der Waals surface area contributed by atoms with Crippen LogP contribution in [0.4, 0.5) is 4.79 Å². The van der Waals surface area contributed by atoms with Crippen LogP contribution in [-0.4, -0.2) is 67.9 Å². The molecule has 0 bridgehead atoms. The Labute approximate surface area is 103 Å². The van der Waals surface area contributed by atoms with E-state index in [4.69, 9.17) is 9.47 Å². The predicted molar refractivity (Wildman–Crippen MR) is 64.0 cm³/mol. The summed E-state index contributed by atoms with van der Waals surface area (Å²) < 4.78 is 10.8. The standard InChI is InChI=1S/C12H22N2O3/c1-12(16-2)4-3-5-14(10-12)11(15)13-6-8-17-9-7-13/h3-10H2,1-2H3. The third-order valence-corrected chi connectivity index (χ3v) is 3.70. The smallest absolute Gasteiger partial charge is 0.320 e. The number of likely N-dealkylation sites (tertiary alicyclic amines) is 1. The van der Waals surface area contributed by atoms with Crippen LogP contribution in [0.15, 0.2) is 0 Å². The summed E-state index contributed by atoms with van der Waals surface area (Å²) in [7, 11) is 1.72. The molecular weight excluding hydrogens is 220 g/mol. The maximum absolute atomic E-state index is 12.3. The van der Waals surface area contributed by atoms with E-state index in [-0.39, 0.29) is 11.6 Å². The van der Waals surface area contributed by atoms with Crippen LogP contribution < -0.4 is 0 Å². The number of piperidine rings is 1. The SMILES string of the molecule is COC1(C)CCCN(C(=O)N2CCOCC2)C1. The lowest BCUT2D eigenvalue weighted by atomic mass is 9.95. The molecule has 0 aromatic heterocycles. The van der Waals surface area contributed by atoms with Gasteiger partial charge in [-0.2, -0.15) is 0 Å². The molecule has 2 saturated heterocycles. The quantitative estimate of drug-likeness (QED) is 0.687. The Morgan fingerprint density at radius 3 is 2.59 bits per heavy atom. The maximum Gasteiger partial charge on any atom is 0.320 e. The summed E-state index contributed by atoms with van der Waals surface area (Å²) in [6.45, 7) is 6.33. The van der Waals surface area contributed by atoms with Crippen LogP contribution in [0, 0.1) is 0 Å². The maximum atomic E-state index is 12.3. The van der Waals surface area contributed by atoms with Crippen LogP contribution in [0.2, 0.25) is 0 Å². The largest absolute Gasteiger partial charge is 0.378 e. The summed E-state index contributed by atoms with van der Waals surface area (Å²) in [5, 5.41) is 0. The Hall–Kier alpha value is -0.810. The van der Waals surface area contributed by atoms with E-state index < -0.39 is 0 Å². The fourth-order valence-electron chi connectivity index (χ4n) is 2.49. The fraction of sp³-hybridized carbons (Fsp3) is 0.917. The van der Waals surface area contributed by atoms with Gasteiger partial charge in [-0.05, 0) is 19.8 Å². The van der Waals surface area contributed by atoms with E-state index >= 15 is 0 Å². The average molecular weight is 242 g/mol. The van der Waals surface area contributed by atoms with Crippen molar-refractivity contribution in [2.75, 3.05) is 46.5 Å². The molecule has 98 valence electrons. The molecule has 5 nitrogen and oxygen atoms in total. The molecule has 0 aliphatic carbocycles.